The second-order valence-electron chi connectivity index (χ2n) is 11.7. The zero-order valence-corrected chi connectivity index (χ0v) is 33.6. The Morgan fingerprint density at radius 3 is 1.18 bits per heavy atom. The van der Waals surface area contributed by atoms with Gasteiger partial charge in [0.2, 0.25) is 0 Å². The van der Waals surface area contributed by atoms with Gasteiger partial charge in [-0.15, -0.1) is 0 Å². The van der Waals surface area contributed by atoms with Gasteiger partial charge in [-0.3, -0.25) is 0 Å². The number of ether oxygens (including phenoxy) is 4. The van der Waals surface area contributed by atoms with Gasteiger partial charge >= 0.3 is 49.3 Å². The summed E-state index contributed by atoms with van der Waals surface area (Å²) >= 11 is 0. The number of carbonyl (C=O) groups excluding carboxylic acids is 2. The Kier molecular flexibility index (Phi) is 14.5. The standard InChI is InChI=1S/C44H35O10P.Na/c1-49-41-29-35(23-25-39(41)51-43(45)37(33-19-11-5-12-20-33)27-31-15-7-3-8-16-31)53-55(47,48)54-36-24-26-40(42(30-36)50-2)52-44(46)38(34-21-13-6-14-22-34)28-32-17-9-4-10-18-32;/h3-30H,1-2H3,(H,47,48);/q;+1/p-1. The first kappa shape index (κ1) is 41.3. The van der Waals surface area contributed by atoms with Crippen LogP contribution >= 0.6 is 7.82 Å². The van der Waals surface area contributed by atoms with Gasteiger partial charge in [-0.1, -0.05) is 121 Å². The molecule has 0 spiro atoms. The van der Waals surface area contributed by atoms with E-state index >= 15 is 0 Å². The molecule has 6 aromatic carbocycles. The van der Waals surface area contributed by atoms with Crippen LogP contribution in [-0.2, 0) is 14.2 Å². The van der Waals surface area contributed by atoms with E-state index in [9.17, 15) is 19.0 Å². The molecule has 0 saturated carbocycles. The monoisotopic (exact) mass is 776 g/mol. The van der Waals surface area contributed by atoms with Gasteiger partial charge in [0.05, 0.1) is 25.4 Å². The predicted molar refractivity (Wildman–Crippen MR) is 208 cm³/mol. The van der Waals surface area contributed by atoms with Crippen LogP contribution in [0.1, 0.15) is 22.3 Å². The Hall–Kier alpha value is -5.87. The minimum Gasteiger partial charge on any atom is -0.736 e. The van der Waals surface area contributed by atoms with Gasteiger partial charge in [0, 0.05) is 12.1 Å². The number of methoxy groups -OCH3 is 2. The maximum Gasteiger partial charge on any atom is 1.00 e. The van der Waals surface area contributed by atoms with Crippen molar-refractivity contribution >= 4 is 43.1 Å². The molecule has 0 amide bonds. The molecular weight excluding hydrogens is 742 g/mol. The second kappa shape index (κ2) is 19.6. The molecule has 6 aromatic rings. The summed E-state index contributed by atoms with van der Waals surface area (Å²) in [4.78, 5) is 40.0. The van der Waals surface area contributed by atoms with Gasteiger partial charge < -0.3 is 32.9 Å². The molecule has 0 heterocycles. The molecule has 0 unspecified atom stereocenters. The zero-order chi connectivity index (χ0) is 38.6. The predicted octanol–water partition coefficient (Wildman–Crippen LogP) is 5.93. The molecule has 0 aliphatic rings. The average Bonchev–Trinajstić information content (AvgIpc) is 3.21. The number of phosphoric acid groups is 1. The molecule has 12 heteroatoms. The van der Waals surface area contributed by atoms with E-state index in [1.165, 1.54) is 50.6 Å². The van der Waals surface area contributed by atoms with Crippen LogP contribution < -0.4 is 62.4 Å². The molecule has 0 bridgehead atoms. The summed E-state index contributed by atoms with van der Waals surface area (Å²) < 4.78 is 45.7. The summed E-state index contributed by atoms with van der Waals surface area (Å²) in [5, 5.41) is 0. The molecule has 0 aliphatic carbocycles. The van der Waals surface area contributed by atoms with Crippen LogP contribution in [0.4, 0.5) is 0 Å². The normalized spacial score (nSPS) is 12.3. The van der Waals surface area contributed by atoms with E-state index in [-0.39, 0.29) is 64.1 Å². The largest absolute Gasteiger partial charge is 1.00 e. The van der Waals surface area contributed by atoms with E-state index in [4.69, 9.17) is 28.0 Å². The summed E-state index contributed by atoms with van der Waals surface area (Å²) in [7, 11) is -2.39. The number of esters is 2. The van der Waals surface area contributed by atoms with E-state index < -0.39 is 19.8 Å². The molecule has 0 saturated heterocycles. The van der Waals surface area contributed by atoms with E-state index in [1.807, 2.05) is 97.1 Å². The summed E-state index contributed by atoms with van der Waals surface area (Å²) in [6.45, 7) is 0. The van der Waals surface area contributed by atoms with Crippen molar-refractivity contribution in [2.45, 2.75) is 0 Å². The van der Waals surface area contributed by atoms with Crippen LogP contribution in [0.25, 0.3) is 23.3 Å². The van der Waals surface area contributed by atoms with Crippen molar-refractivity contribution in [2.24, 2.45) is 0 Å². The maximum absolute atomic E-state index is 13.5. The van der Waals surface area contributed by atoms with E-state index in [1.54, 1.807) is 36.4 Å². The van der Waals surface area contributed by atoms with Gasteiger partial charge in [0.1, 0.15) is 11.5 Å². The van der Waals surface area contributed by atoms with E-state index in [0.717, 1.165) is 11.1 Å². The molecule has 0 aromatic heterocycles. The number of hydrogen-bond acceptors (Lipinski definition) is 10. The summed E-state index contributed by atoms with van der Waals surface area (Å²) in [6.07, 6.45) is 3.42. The Morgan fingerprint density at radius 2 is 0.839 bits per heavy atom. The summed E-state index contributed by atoms with van der Waals surface area (Å²) in [6, 6.07) is 44.5. The van der Waals surface area contributed by atoms with Crippen LogP contribution in [0.2, 0.25) is 0 Å². The average molecular weight is 777 g/mol. The van der Waals surface area contributed by atoms with Crippen molar-refractivity contribution in [3.8, 4) is 34.5 Å². The molecule has 56 heavy (non-hydrogen) atoms. The molecule has 0 radical (unpaired) electrons. The van der Waals surface area contributed by atoms with Crippen molar-refractivity contribution < 1.29 is 76.6 Å². The van der Waals surface area contributed by atoms with Crippen molar-refractivity contribution in [1.82, 2.24) is 0 Å². The molecule has 6 rings (SSSR count). The quantitative estimate of drug-likeness (QED) is 0.0328. The Morgan fingerprint density at radius 1 is 0.500 bits per heavy atom. The molecule has 0 aliphatic heterocycles. The fraction of sp³-hybridized carbons (Fsp3) is 0.0455. The van der Waals surface area contributed by atoms with Crippen molar-refractivity contribution in [3.63, 3.8) is 0 Å². The van der Waals surface area contributed by atoms with Crippen LogP contribution in [0.3, 0.4) is 0 Å². The Labute approximate surface area is 346 Å². The Bertz CT molecular complexity index is 2200. The topological polar surface area (TPSA) is 130 Å². The minimum absolute atomic E-state index is 0. The van der Waals surface area contributed by atoms with Crippen LogP contribution in [0.15, 0.2) is 158 Å². The molecule has 10 nitrogen and oxygen atoms in total. The number of carbonyl (C=O) groups is 2. The second-order valence-corrected chi connectivity index (χ2v) is 13.0. The van der Waals surface area contributed by atoms with Gasteiger partial charge in [-0.2, -0.15) is 0 Å². The van der Waals surface area contributed by atoms with Crippen molar-refractivity contribution in [1.29, 1.82) is 0 Å². The summed E-state index contributed by atoms with van der Waals surface area (Å²) in [5.41, 5.74) is 3.45. The van der Waals surface area contributed by atoms with Crippen molar-refractivity contribution in [2.75, 3.05) is 14.2 Å². The maximum atomic E-state index is 13.5. The van der Waals surface area contributed by atoms with Crippen LogP contribution in [-0.4, -0.2) is 26.2 Å². The van der Waals surface area contributed by atoms with Crippen LogP contribution in [0, 0.1) is 0 Å². The number of phosphoric ester groups is 1. The molecular formula is C44H34NaO10P. The Balaban J connectivity index is 0.00000600. The van der Waals surface area contributed by atoms with Crippen molar-refractivity contribution in [3.05, 3.63) is 180 Å². The fourth-order valence-electron chi connectivity index (χ4n) is 5.35. The number of benzene rings is 6. The first-order valence-corrected chi connectivity index (χ1v) is 18.3. The molecule has 0 fully saturated rings. The number of hydrogen-bond donors (Lipinski definition) is 0. The van der Waals surface area contributed by atoms with E-state index in [0.29, 0.717) is 22.3 Å². The summed E-state index contributed by atoms with van der Waals surface area (Å²) in [5.74, 6) is -1.55. The van der Waals surface area contributed by atoms with Gasteiger partial charge in [0.25, 0.3) is 0 Å². The number of rotatable bonds is 14. The van der Waals surface area contributed by atoms with Gasteiger partial charge in [0.15, 0.2) is 23.0 Å². The fourth-order valence-corrected chi connectivity index (χ4v) is 6.13. The molecule has 0 N–H and O–H groups in total. The zero-order valence-electron chi connectivity index (χ0n) is 30.7. The van der Waals surface area contributed by atoms with Gasteiger partial charge in [-0.25, -0.2) is 14.2 Å². The SMILES string of the molecule is COc1cc(OP(=O)([O-])Oc2ccc(OC(=O)C(=Cc3ccccc3)c3ccccc3)c(OC)c2)ccc1OC(=O)C(=Cc1ccccc1)c1ccccc1.[Na+]. The third-order valence-electron chi connectivity index (χ3n) is 7.94. The minimum atomic E-state index is -5.07. The first-order chi connectivity index (χ1) is 26.7. The van der Waals surface area contributed by atoms with Crippen LogP contribution in [0.5, 0.6) is 34.5 Å². The molecule has 0 atom stereocenters. The third-order valence-corrected chi connectivity index (χ3v) is 8.81. The van der Waals surface area contributed by atoms with E-state index in [2.05, 4.69) is 0 Å². The third kappa shape index (κ3) is 11.1. The smallest absolute Gasteiger partial charge is 0.736 e. The first-order valence-electron chi connectivity index (χ1n) is 16.9. The van der Waals surface area contributed by atoms with Gasteiger partial charge in [-0.05, 0) is 58.7 Å². The molecule has 276 valence electrons.